The molecule has 0 N–H and O–H groups in total. The number of ether oxygens (including phenoxy) is 3. The van der Waals surface area contributed by atoms with Crippen molar-refractivity contribution >= 4 is 5.91 Å². The molecule has 2 fully saturated rings. The number of rotatable bonds is 5. The first-order chi connectivity index (χ1) is 10.8. The summed E-state index contributed by atoms with van der Waals surface area (Å²) in [6, 6.07) is 5.71. The van der Waals surface area contributed by atoms with E-state index in [0.29, 0.717) is 32.1 Å². The van der Waals surface area contributed by atoms with Crippen LogP contribution in [0.2, 0.25) is 0 Å². The van der Waals surface area contributed by atoms with Gasteiger partial charge in [0.25, 0.3) is 0 Å². The second-order valence-electron chi connectivity index (χ2n) is 5.63. The molecule has 1 aromatic heterocycles. The topological polar surface area (TPSA) is 60.9 Å². The summed E-state index contributed by atoms with van der Waals surface area (Å²) in [6.45, 7) is 1.83. The van der Waals surface area contributed by atoms with Crippen LogP contribution in [-0.2, 0) is 14.3 Å². The first-order valence-electron chi connectivity index (χ1n) is 7.77. The molecule has 0 aliphatic carbocycles. The minimum absolute atomic E-state index is 0.0473. The Hall–Kier alpha value is -1.66. The van der Waals surface area contributed by atoms with Crippen LogP contribution in [-0.4, -0.2) is 60.9 Å². The van der Waals surface area contributed by atoms with E-state index in [4.69, 9.17) is 14.2 Å². The van der Waals surface area contributed by atoms with Gasteiger partial charge in [0.05, 0.1) is 19.1 Å². The molecule has 0 bridgehead atoms. The number of methoxy groups -OCH3 is 1. The molecule has 3 rings (SSSR count). The fourth-order valence-electron chi connectivity index (χ4n) is 3.23. The van der Waals surface area contributed by atoms with Crippen LogP contribution in [0.15, 0.2) is 24.4 Å². The van der Waals surface area contributed by atoms with E-state index in [9.17, 15) is 4.79 Å². The van der Waals surface area contributed by atoms with Crippen molar-refractivity contribution in [3.63, 3.8) is 0 Å². The summed E-state index contributed by atoms with van der Waals surface area (Å²) < 4.78 is 16.8. The molecule has 2 aliphatic heterocycles. The van der Waals surface area contributed by atoms with Crippen molar-refractivity contribution < 1.29 is 19.0 Å². The number of nitrogens with zero attached hydrogens (tertiary/aromatic N) is 2. The van der Waals surface area contributed by atoms with Gasteiger partial charge in [0.15, 0.2) is 0 Å². The summed E-state index contributed by atoms with van der Waals surface area (Å²) in [7, 11) is 1.61. The van der Waals surface area contributed by atoms with Gasteiger partial charge in [0.2, 0.25) is 11.8 Å². The fraction of sp³-hybridized carbons (Fsp3) is 0.625. The van der Waals surface area contributed by atoms with Crippen molar-refractivity contribution in [1.82, 2.24) is 9.88 Å². The van der Waals surface area contributed by atoms with Gasteiger partial charge in [-0.1, -0.05) is 6.07 Å². The average Bonchev–Trinajstić information content (AvgIpc) is 3.04. The zero-order valence-electron chi connectivity index (χ0n) is 12.8. The predicted octanol–water partition coefficient (Wildman–Crippen LogP) is 1.26. The summed E-state index contributed by atoms with van der Waals surface area (Å²) in [5, 5.41) is 0. The van der Waals surface area contributed by atoms with E-state index < -0.39 is 0 Å². The maximum absolute atomic E-state index is 12.3. The van der Waals surface area contributed by atoms with Gasteiger partial charge in [0, 0.05) is 38.9 Å². The van der Waals surface area contributed by atoms with Crippen molar-refractivity contribution in [2.24, 2.45) is 0 Å². The largest absolute Gasteiger partial charge is 0.471 e. The van der Waals surface area contributed by atoms with Crippen LogP contribution in [0.4, 0.5) is 0 Å². The normalized spacial score (nSPS) is 27.5. The molecule has 2 aliphatic rings. The minimum atomic E-state index is -0.0674. The first-order valence-corrected chi connectivity index (χ1v) is 7.77. The predicted molar refractivity (Wildman–Crippen MR) is 79.6 cm³/mol. The molecule has 6 nitrogen and oxygen atoms in total. The lowest BCUT2D eigenvalue weighted by Crippen LogP contribution is -2.56. The third kappa shape index (κ3) is 3.23. The minimum Gasteiger partial charge on any atom is -0.471 e. The number of hydrogen-bond acceptors (Lipinski definition) is 5. The molecule has 0 aromatic carbocycles. The van der Waals surface area contributed by atoms with Crippen molar-refractivity contribution in [1.29, 1.82) is 0 Å². The van der Waals surface area contributed by atoms with Crippen molar-refractivity contribution in [2.75, 3.05) is 26.9 Å². The number of aromatic nitrogens is 1. The SMILES string of the molecule is COCCC(=O)N1CC[C@@H](Oc2ccccn2)[C@H]2OCC[C@@H]21. The molecule has 1 aromatic rings. The molecule has 0 saturated carbocycles. The maximum Gasteiger partial charge on any atom is 0.225 e. The molecule has 6 heteroatoms. The Kier molecular flexibility index (Phi) is 4.90. The number of amides is 1. The smallest absolute Gasteiger partial charge is 0.225 e. The van der Waals surface area contributed by atoms with Gasteiger partial charge in [0.1, 0.15) is 12.2 Å². The average molecular weight is 306 g/mol. The summed E-state index contributed by atoms with van der Waals surface area (Å²) in [4.78, 5) is 18.4. The lowest BCUT2D eigenvalue weighted by Gasteiger charge is -2.40. The van der Waals surface area contributed by atoms with Gasteiger partial charge in [-0.2, -0.15) is 0 Å². The number of likely N-dealkylation sites (tertiary alicyclic amines) is 1. The summed E-state index contributed by atoms with van der Waals surface area (Å²) in [6.07, 6.45) is 3.65. The Balaban J connectivity index is 1.65. The zero-order valence-corrected chi connectivity index (χ0v) is 12.8. The van der Waals surface area contributed by atoms with E-state index in [2.05, 4.69) is 4.98 Å². The highest BCUT2D eigenvalue weighted by molar-refractivity contribution is 5.77. The monoisotopic (exact) mass is 306 g/mol. The zero-order chi connectivity index (χ0) is 15.4. The molecule has 2 saturated heterocycles. The number of carbonyl (C=O) groups is 1. The quantitative estimate of drug-likeness (QED) is 0.819. The molecule has 0 spiro atoms. The van der Waals surface area contributed by atoms with Crippen LogP contribution in [0, 0.1) is 0 Å². The molecular weight excluding hydrogens is 284 g/mol. The molecule has 0 unspecified atom stereocenters. The molecule has 1 amide bonds. The lowest BCUT2D eigenvalue weighted by molar-refractivity contribution is -0.141. The number of carbonyl (C=O) groups excluding carboxylic acids is 1. The second kappa shape index (κ2) is 7.07. The fourth-order valence-corrected chi connectivity index (χ4v) is 3.23. The van der Waals surface area contributed by atoms with E-state index in [1.165, 1.54) is 0 Å². The van der Waals surface area contributed by atoms with Crippen LogP contribution >= 0.6 is 0 Å². The van der Waals surface area contributed by atoms with E-state index >= 15 is 0 Å². The maximum atomic E-state index is 12.3. The van der Waals surface area contributed by atoms with Crippen LogP contribution in [0.1, 0.15) is 19.3 Å². The van der Waals surface area contributed by atoms with Crippen molar-refractivity contribution in [2.45, 2.75) is 37.5 Å². The summed E-state index contributed by atoms with van der Waals surface area (Å²) >= 11 is 0. The number of pyridine rings is 1. The van der Waals surface area contributed by atoms with Crippen LogP contribution in [0.3, 0.4) is 0 Å². The van der Waals surface area contributed by atoms with Gasteiger partial charge >= 0.3 is 0 Å². The molecule has 120 valence electrons. The number of hydrogen-bond donors (Lipinski definition) is 0. The van der Waals surface area contributed by atoms with Crippen molar-refractivity contribution in [3.05, 3.63) is 24.4 Å². The molecule has 22 heavy (non-hydrogen) atoms. The highest BCUT2D eigenvalue weighted by Crippen LogP contribution is 2.31. The summed E-state index contributed by atoms with van der Waals surface area (Å²) in [5.41, 5.74) is 0. The highest BCUT2D eigenvalue weighted by atomic mass is 16.5. The lowest BCUT2D eigenvalue weighted by atomic mass is 9.95. The standard InChI is InChI=1S/C16H22N2O4/c1-20-10-7-15(19)18-9-5-13(16-12(18)6-11-21-16)22-14-4-2-3-8-17-14/h2-4,8,12-13,16H,5-7,9-11H2,1H3/t12-,13+,16-/m0/s1. The number of piperidine rings is 1. The van der Waals surface area contributed by atoms with E-state index in [1.54, 1.807) is 13.3 Å². The van der Waals surface area contributed by atoms with Gasteiger partial charge in [-0.15, -0.1) is 0 Å². The highest BCUT2D eigenvalue weighted by Gasteiger charge is 2.45. The Morgan fingerprint density at radius 3 is 3.14 bits per heavy atom. The van der Waals surface area contributed by atoms with Crippen LogP contribution in [0.5, 0.6) is 5.88 Å². The Morgan fingerprint density at radius 2 is 2.36 bits per heavy atom. The Morgan fingerprint density at radius 1 is 1.45 bits per heavy atom. The van der Waals surface area contributed by atoms with Gasteiger partial charge in [-0.25, -0.2) is 4.98 Å². The van der Waals surface area contributed by atoms with Crippen LogP contribution in [0.25, 0.3) is 0 Å². The van der Waals surface area contributed by atoms with E-state index in [0.717, 1.165) is 12.8 Å². The molecule has 3 atom stereocenters. The first kappa shape index (κ1) is 15.2. The van der Waals surface area contributed by atoms with E-state index in [1.807, 2.05) is 23.1 Å². The van der Waals surface area contributed by atoms with Gasteiger partial charge < -0.3 is 19.1 Å². The molecular formula is C16H22N2O4. The Bertz CT molecular complexity index is 496. The third-order valence-electron chi connectivity index (χ3n) is 4.27. The molecule has 3 heterocycles. The third-order valence-corrected chi connectivity index (χ3v) is 4.27. The van der Waals surface area contributed by atoms with Gasteiger partial charge in [-0.05, 0) is 12.5 Å². The van der Waals surface area contributed by atoms with Crippen molar-refractivity contribution in [3.8, 4) is 5.88 Å². The van der Waals surface area contributed by atoms with Gasteiger partial charge in [-0.3, -0.25) is 4.79 Å². The number of fused-ring (bicyclic) bond motifs is 1. The van der Waals surface area contributed by atoms with E-state index in [-0.39, 0.29) is 24.2 Å². The Labute approximate surface area is 130 Å². The second-order valence-corrected chi connectivity index (χ2v) is 5.63. The van der Waals surface area contributed by atoms with Crippen LogP contribution < -0.4 is 4.74 Å². The molecule has 0 radical (unpaired) electrons. The summed E-state index contributed by atoms with van der Waals surface area (Å²) in [5.74, 6) is 0.750.